The predicted octanol–water partition coefficient (Wildman–Crippen LogP) is -0.630. The van der Waals surface area contributed by atoms with Crippen molar-refractivity contribution in [1.29, 1.82) is 0 Å². The zero-order valence-electron chi connectivity index (χ0n) is 4.48. The maximum Gasteiger partial charge on any atom is 3.00 e. The third kappa shape index (κ3) is 10.7. The van der Waals surface area contributed by atoms with Crippen molar-refractivity contribution in [2.75, 3.05) is 0 Å². The van der Waals surface area contributed by atoms with Crippen LogP contribution in [0, 0.1) is 48.2 Å². The molecular weight excluding hydrogens is 300 g/mol. The normalized spacial score (nSPS) is 10.5. The van der Waals surface area contributed by atoms with Gasteiger partial charge in [-0.05, 0) is 0 Å². The zero-order valence-corrected chi connectivity index (χ0v) is 9.20. The Bertz CT molecular complexity index is 52.5. The molecule has 0 saturated heterocycles. The number of rotatable bonds is 2. The second-order valence-electron chi connectivity index (χ2n) is 1.19. The molecule has 0 aromatic carbocycles. The van der Waals surface area contributed by atoms with Gasteiger partial charge in [-0.2, -0.15) is 22.4 Å². The molecule has 0 spiro atoms. The van der Waals surface area contributed by atoms with Crippen molar-refractivity contribution in [3.63, 3.8) is 0 Å². The monoisotopic (exact) mass is 305 g/mol. The fourth-order valence-electron chi connectivity index (χ4n) is 0.244. The Kier molecular flexibility index (Phi) is 8.64. The van der Waals surface area contributed by atoms with Crippen LogP contribution < -0.4 is 10.2 Å². The van der Waals surface area contributed by atoms with Crippen LogP contribution in [0.5, 0.6) is 0 Å². The van der Waals surface area contributed by atoms with E-state index in [1.54, 1.807) is 6.92 Å². The molecular formula is C4H6BrCeO2. The van der Waals surface area contributed by atoms with Gasteiger partial charge in [0.25, 0.3) is 0 Å². The summed E-state index contributed by atoms with van der Waals surface area (Å²) in [6, 6.07) is 0. The van der Waals surface area contributed by atoms with Crippen LogP contribution in [0.2, 0.25) is 0 Å². The number of alkyl halides is 1. The van der Waals surface area contributed by atoms with Gasteiger partial charge in [-0.3, -0.25) is 4.70 Å². The fraction of sp³-hybridized carbons (Fsp3) is 0.750. The molecule has 0 N–H and O–H groups in total. The van der Waals surface area contributed by atoms with Crippen molar-refractivity contribution in [2.24, 2.45) is 0 Å². The molecule has 0 saturated carbocycles. The van der Waals surface area contributed by atoms with Crippen molar-refractivity contribution < 1.29 is 52.0 Å². The average molecular weight is 306 g/mol. The Hall–Kier alpha value is 1.78. The largest absolute Gasteiger partial charge is 3.00 e. The van der Waals surface area contributed by atoms with Gasteiger partial charge in [0.05, 0.1) is 0 Å². The van der Waals surface area contributed by atoms with E-state index in [1.165, 1.54) is 0 Å². The van der Waals surface area contributed by atoms with Gasteiger partial charge in [-0.1, -0.05) is 6.92 Å². The summed E-state index contributed by atoms with van der Waals surface area (Å²) in [5, 5.41) is 20.0. The Labute approximate surface area is 91.2 Å². The molecule has 0 heterocycles. The van der Waals surface area contributed by atoms with Crippen molar-refractivity contribution >= 4 is 15.9 Å². The summed E-state index contributed by atoms with van der Waals surface area (Å²) in [5.41, 5.74) is 0. The SMILES string of the molecule is CC[CH-]C([O-])([O-])Br.[Ce+3]. The summed E-state index contributed by atoms with van der Waals surface area (Å²) < 4.78 is -2.26. The summed E-state index contributed by atoms with van der Waals surface area (Å²) in [6.45, 7) is 1.74. The molecule has 0 amide bonds. The van der Waals surface area contributed by atoms with Gasteiger partial charge in [-0.25, -0.2) is 0 Å². The number of hydrogen-bond donors (Lipinski definition) is 0. The molecule has 0 aliphatic heterocycles. The van der Waals surface area contributed by atoms with E-state index < -0.39 is 4.70 Å². The van der Waals surface area contributed by atoms with E-state index in [2.05, 4.69) is 15.9 Å². The van der Waals surface area contributed by atoms with Crippen LogP contribution >= 0.6 is 15.9 Å². The third-order valence-corrected chi connectivity index (χ3v) is 0.772. The van der Waals surface area contributed by atoms with Gasteiger partial charge in [-0.15, -0.1) is 0 Å². The molecule has 0 bridgehead atoms. The minimum Gasteiger partial charge on any atom is -0.879 e. The van der Waals surface area contributed by atoms with Crippen molar-refractivity contribution in [3.05, 3.63) is 6.42 Å². The van der Waals surface area contributed by atoms with Crippen LogP contribution in [0.25, 0.3) is 0 Å². The van der Waals surface area contributed by atoms with Crippen molar-refractivity contribution in [3.8, 4) is 0 Å². The van der Waals surface area contributed by atoms with Crippen LogP contribution in [0.3, 0.4) is 0 Å². The van der Waals surface area contributed by atoms with Gasteiger partial charge >= 0.3 is 41.7 Å². The van der Waals surface area contributed by atoms with Gasteiger partial charge in [0.1, 0.15) is 0 Å². The Morgan fingerprint density at radius 1 is 1.62 bits per heavy atom. The van der Waals surface area contributed by atoms with E-state index in [0.717, 1.165) is 6.42 Å². The maximum atomic E-state index is 10.0. The number of halogens is 1. The topological polar surface area (TPSA) is 46.1 Å². The summed E-state index contributed by atoms with van der Waals surface area (Å²) in [6.07, 6.45) is 1.63. The molecule has 0 aromatic rings. The summed E-state index contributed by atoms with van der Waals surface area (Å²) in [5.74, 6) is 0. The first-order valence-electron chi connectivity index (χ1n) is 2.00. The quantitative estimate of drug-likeness (QED) is 0.387. The fourth-order valence-corrected chi connectivity index (χ4v) is 0.568. The molecule has 0 aromatic heterocycles. The van der Waals surface area contributed by atoms with E-state index in [4.69, 9.17) is 0 Å². The molecule has 8 heavy (non-hydrogen) atoms. The molecule has 4 heteroatoms. The van der Waals surface area contributed by atoms with E-state index in [9.17, 15) is 10.2 Å². The molecule has 0 fully saturated rings. The van der Waals surface area contributed by atoms with Crippen LogP contribution in [0.4, 0.5) is 0 Å². The Morgan fingerprint density at radius 2 is 2.00 bits per heavy atom. The van der Waals surface area contributed by atoms with Crippen molar-refractivity contribution in [1.82, 2.24) is 0 Å². The average Bonchev–Trinajstić information content (AvgIpc) is 1.30. The second kappa shape index (κ2) is 5.55. The minimum absolute atomic E-state index is 0. The first-order valence-corrected chi connectivity index (χ1v) is 2.79. The summed E-state index contributed by atoms with van der Waals surface area (Å²) in [7, 11) is 0. The Morgan fingerprint density at radius 3 is 2.00 bits per heavy atom. The summed E-state index contributed by atoms with van der Waals surface area (Å²) in [4.78, 5) is 0. The van der Waals surface area contributed by atoms with Crippen LogP contribution in [0.15, 0.2) is 0 Å². The van der Waals surface area contributed by atoms with Crippen LogP contribution in [-0.2, 0) is 0 Å². The molecule has 0 rings (SSSR count). The molecule has 2 nitrogen and oxygen atoms in total. The molecule has 0 aliphatic rings. The molecule has 1 radical (unpaired) electrons. The minimum atomic E-state index is -2.26. The number of hydrogen-bond acceptors (Lipinski definition) is 2. The summed E-state index contributed by atoms with van der Waals surface area (Å²) >= 11 is 2.37. The molecule has 0 aliphatic carbocycles. The van der Waals surface area contributed by atoms with Crippen molar-refractivity contribution in [2.45, 2.75) is 18.0 Å². The van der Waals surface area contributed by atoms with E-state index in [-0.39, 0.29) is 41.7 Å². The first-order chi connectivity index (χ1) is 3.06. The standard InChI is InChI=1S/C4H6BrO2.Ce/c1-2-3-4(5,6)7;/h3H,2H2,1H3;/q-3;+3. The van der Waals surface area contributed by atoms with Gasteiger partial charge in [0.2, 0.25) is 0 Å². The molecule has 0 unspecified atom stereocenters. The Balaban J connectivity index is 0. The van der Waals surface area contributed by atoms with Crippen LogP contribution in [-0.4, -0.2) is 4.70 Å². The van der Waals surface area contributed by atoms with Gasteiger partial charge in [0.15, 0.2) is 0 Å². The van der Waals surface area contributed by atoms with E-state index >= 15 is 0 Å². The molecule has 0 atom stereocenters. The molecule has 45 valence electrons. The first kappa shape index (κ1) is 12.5. The van der Waals surface area contributed by atoms with E-state index in [1.807, 2.05) is 0 Å². The third-order valence-electron chi connectivity index (χ3n) is 0.448. The maximum absolute atomic E-state index is 10.0. The smallest absolute Gasteiger partial charge is 0.879 e. The zero-order chi connectivity index (χ0) is 5.91. The van der Waals surface area contributed by atoms with E-state index in [0.29, 0.717) is 6.42 Å². The second-order valence-corrected chi connectivity index (χ2v) is 2.30. The van der Waals surface area contributed by atoms with Gasteiger partial charge in [0, 0.05) is 0 Å². The predicted molar refractivity (Wildman–Crippen MR) is 26.2 cm³/mol. The van der Waals surface area contributed by atoms with Crippen LogP contribution in [0.1, 0.15) is 13.3 Å². The van der Waals surface area contributed by atoms with Gasteiger partial charge < -0.3 is 16.6 Å².